The number of alkyl halides is 3. The van der Waals surface area contributed by atoms with Crippen molar-refractivity contribution in [2.45, 2.75) is 26.4 Å². The second-order valence-electron chi connectivity index (χ2n) is 4.91. The lowest BCUT2D eigenvalue weighted by atomic mass is 10.1. The first-order chi connectivity index (χ1) is 6.94. The molecular weight excluding hydrogens is 243 g/mol. The first kappa shape index (κ1) is 13.8. The molecule has 7 heteroatoms. The third-order valence-electron chi connectivity index (χ3n) is 3.16. The quantitative estimate of drug-likeness (QED) is 0.772. The van der Waals surface area contributed by atoms with Crippen LogP contribution in [0.25, 0.3) is 0 Å². The normalized spacial score (nSPS) is 30.8. The van der Waals surface area contributed by atoms with Crippen molar-refractivity contribution in [3.8, 4) is 0 Å². The zero-order valence-corrected chi connectivity index (χ0v) is 10.3. The van der Waals surface area contributed by atoms with Crippen molar-refractivity contribution >= 4 is 10.0 Å². The van der Waals surface area contributed by atoms with E-state index in [-0.39, 0.29) is 17.9 Å². The van der Waals surface area contributed by atoms with E-state index in [1.165, 1.54) is 0 Å². The molecule has 0 radical (unpaired) electrons. The van der Waals surface area contributed by atoms with Crippen LogP contribution in [0.5, 0.6) is 0 Å². The van der Waals surface area contributed by atoms with E-state index in [4.69, 9.17) is 0 Å². The maximum atomic E-state index is 12.2. The molecule has 0 bridgehead atoms. The third-order valence-corrected chi connectivity index (χ3v) is 4.36. The Balaban J connectivity index is 2.74. The first-order valence-electron chi connectivity index (χ1n) is 4.96. The minimum Gasteiger partial charge on any atom is -0.212 e. The molecule has 0 aromatic rings. The molecule has 2 atom stereocenters. The second kappa shape index (κ2) is 3.87. The SMILES string of the molecule is C[C@@H]1CC1(C)CN(CC(F)(F)F)S(C)(=O)=O. The van der Waals surface area contributed by atoms with E-state index >= 15 is 0 Å². The number of nitrogens with zero attached hydrogens (tertiary/aromatic N) is 1. The highest BCUT2D eigenvalue weighted by Crippen LogP contribution is 2.52. The largest absolute Gasteiger partial charge is 0.402 e. The molecule has 3 nitrogen and oxygen atoms in total. The van der Waals surface area contributed by atoms with Crippen molar-refractivity contribution in [3.05, 3.63) is 0 Å². The standard InChI is InChI=1S/C9H16F3NO2S/c1-7-4-8(7,2)5-13(16(3,14)15)6-9(10,11)12/h7H,4-6H2,1-3H3/t7-,8?/m1/s1. The molecule has 0 amide bonds. The van der Waals surface area contributed by atoms with E-state index in [1.54, 1.807) is 0 Å². The van der Waals surface area contributed by atoms with Crippen molar-refractivity contribution < 1.29 is 21.6 Å². The average Bonchev–Trinajstić information content (AvgIpc) is 2.52. The summed E-state index contributed by atoms with van der Waals surface area (Å²) in [7, 11) is -3.80. The molecule has 0 aromatic carbocycles. The van der Waals surface area contributed by atoms with Crippen molar-refractivity contribution in [1.29, 1.82) is 0 Å². The molecule has 0 aromatic heterocycles. The van der Waals surface area contributed by atoms with Gasteiger partial charge in [-0.3, -0.25) is 0 Å². The van der Waals surface area contributed by atoms with Crippen LogP contribution in [-0.4, -0.2) is 38.2 Å². The zero-order chi connectivity index (χ0) is 12.8. The fourth-order valence-electron chi connectivity index (χ4n) is 1.75. The summed E-state index contributed by atoms with van der Waals surface area (Å²) in [4.78, 5) is 0. The van der Waals surface area contributed by atoms with E-state index in [1.807, 2.05) is 13.8 Å². The van der Waals surface area contributed by atoms with Gasteiger partial charge in [-0.25, -0.2) is 8.42 Å². The predicted molar refractivity (Wildman–Crippen MR) is 54.4 cm³/mol. The van der Waals surface area contributed by atoms with Gasteiger partial charge < -0.3 is 0 Å². The van der Waals surface area contributed by atoms with Gasteiger partial charge in [0.25, 0.3) is 0 Å². The van der Waals surface area contributed by atoms with Crippen LogP contribution in [0.2, 0.25) is 0 Å². The summed E-state index contributed by atoms with van der Waals surface area (Å²) < 4.78 is 59.7. The lowest BCUT2D eigenvalue weighted by Gasteiger charge is -2.24. The summed E-state index contributed by atoms with van der Waals surface area (Å²) in [6.07, 6.45) is -2.90. The van der Waals surface area contributed by atoms with Gasteiger partial charge >= 0.3 is 6.18 Å². The Morgan fingerprint density at radius 2 is 1.88 bits per heavy atom. The smallest absolute Gasteiger partial charge is 0.212 e. The van der Waals surface area contributed by atoms with Crippen molar-refractivity contribution in [1.82, 2.24) is 4.31 Å². The minimum atomic E-state index is -4.49. The molecule has 1 unspecified atom stereocenters. The van der Waals surface area contributed by atoms with Crippen LogP contribution >= 0.6 is 0 Å². The average molecular weight is 259 g/mol. The molecule has 1 saturated carbocycles. The second-order valence-corrected chi connectivity index (χ2v) is 6.89. The molecule has 0 spiro atoms. The van der Waals surface area contributed by atoms with E-state index in [2.05, 4.69) is 0 Å². The monoisotopic (exact) mass is 259 g/mol. The van der Waals surface area contributed by atoms with Gasteiger partial charge in [0.2, 0.25) is 10.0 Å². The fraction of sp³-hybridized carbons (Fsp3) is 1.00. The van der Waals surface area contributed by atoms with Crippen LogP contribution in [0.3, 0.4) is 0 Å². The van der Waals surface area contributed by atoms with Gasteiger partial charge in [-0.05, 0) is 17.8 Å². The number of rotatable bonds is 4. The Hall–Kier alpha value is -0.300. The summed E-state index contributed by atoms with van der Waals surface area (Å²) in [5.41, 5.74) is -0.297. The summed E-state index contributed by atoms with van der Waals surface area (Å²) in [5, 5.41) is 0. The number of sulfonamides is 1. The molecular formula is C9H16F3NO2S. The molecule has 1 aliphatic rings. The highest BCUT2D eigenvalue weighted by atomic mass is 32.2. The van der Waals surface area contributed by atoms with Gasteiger partial charge in [0, 0.05) is 6.54 Å². The van der Waals surface area contributed by atoms with Crippen LogP contribution < -0.4 is 0 Å². The Morgan fingerprint density at radius 1 is 1.44 bits per heavy atom. The Morgan fingerprint density at radius 3 is 2.12 bits per heavy atom. The number of halogens is 3. The first-order valence-corrected chi connectivity index (χ1v) is 6.81. The summed E-state index contributed by atoms with van der Waals surface area (Å²) >= 11 is 0. The summed E-state index contributed by atoms with van der Waals surface area (Å²) in [5.74, 6) is 0.282. The van der Waals surface area contributed by atoms with Gasteiger partial charge in [-0.2, -0.15) is 17.5 Å². The molecule has 1 fully saturated rings. The Labute approximate surface area is 93.7 Å². The molecule has 0 saturated heterocycles. The number of hydrogen-bond donors (Lipinski definition) is 0. The topological polar surface area (TPSA) is 37.4 Å². The molecule has 0 heterocycles. The molecule has 1 aliphatic carbocycles. The maximum absolute atomic E-state index is 12.2. The Bertz CT molecular complexity index is 365. The zero-order valence-electron chi connectivity index (χ0n) is 9.50. The van der Waals surface area contributed by atoms with Gasteiger partial charge in [0.1, 0.15) is 6.54 Å². The van der Waals surface area contributed by atoms with Crippen molar-refractivity contribution in [2.24, 2.45) is 11.3 Å². The predicted octanol–water partition coefficient (Wildman–Crippen LogP) is 1.86. The highest BCUT2D eigenvalue weighted by Gasteiger charge is 2.50. The molecule has 0 N–H and O–H groups in total. The Kier molecular flexibility index (Phi) is 3.33. The van der Waals surface area contributed by atoms with Gasteiger partial charge in [0.05, 0.1) is 6.26 Å². The van der Waals surface area contributed by atoms with Crippen molar-refractivity contribution in [3.63, 3.8) is 0 Å². The lowest BCUT2D eigenvalue weighted by molar-refractivity contribution is -0.137. The van der Waals surface area contributed by atoms with Crippen LogP contribution in [0.1, 0.15) is 20.3 Å². The highest BCUT2D eigenvalue weighted by molar-refractivity contribution is 7.88. The van der Waals surface area contributed by atoms with E-state index < -0.39 is 22.7 Å². The molecule has 0 aliphatic heterocycles. The van der Waals surface area contributed by atoms with E-state index in [9.17, 15) is 21.6 Å². The van der Waals surface area contributed by atoms with Crippen LogP contribution in [0, 0.1) is 11.3 Å². The fourth-order valence-corrected chi connectivity index (χ4v) is 2.66. The lowest BCUT2D eigenvalue weighted by Crippen LogP contribution is -2.41. The van der Waals surface area contributed by atoms with Crippen LogP contribution in [-0.2, 0) is 10.0 Å². The van der Waals surface area contributed by atoms with E-state index in [0.29, 0.717) is 4.31 Å². The minimum absolute atomic E-state index is 0.0491. The van der Waals surface area contributed by atoms with Crippen LogP contribution in [0.4, 0.5) is 13.2 Å². The number of hydrogen-bond acceptors (Lipinski definition) is 2. The van der Waals surface area contributed by atoms with Gasteiger partial charge in [0.15, 0.2) is 0 Å². The third kappa shape index (κ3) is 3.62. The maximum Gasteiger partial charge on any atom is 0.402 e. The van der Waals surface area contributed by atoms with Crippen LogP contribution in [0.15, 0.2) is 0 Å². The molecule has 96 valence electrons. The van der Waals surface area contributed by atoms with Gasteiger partial charge in [-0.1, -0.05) is 13.8 Å². The van der Waals surface area contributed by atoms with Gasteiger partial charge in [-0.15, -0.1) is 0 Å². The van der Waals surface area contributed by atoms with E-state index in [0.717, 1.165) is 12.7 Å². The molecule has 1 rings (SSSR count). The summed E-state index contributed by atoms with van der Waals surface area (Å²) in [6, 6.07) is 0. The summed E-state index contributed by atoms with van der Waals surface area (Å²) in [6.45, 7) is 2.28. The molecule has 16 heavy (non-hydrogen) atoms. The van der Waals surface area contributed by atoms with Crippen molar-refractivity contribution in [2.75, 3.05) is 19.3 Å².